The van der Waals surface area contributed by atoms with Crippen molar-refractivity contribution in [3.05, 3.63) is 95.6 Å². The van der Waals surface area contributed by atoms with Crippen molar-refractivity contribution in [1.29, 1.82) is 0 Å². The van der Waals surface area contributed by atoms with Crippen LogP contribution in [0.2, 0.25) is 5.02 Å². The third-order valence-corrected chi connectivity index (χ3v) is 6.88. The Bertz CT molecular complexity index is 1530. The standard InChI is InChI=1S/C24H18ClN3O4S/c1-3-32-23(31)17-12(2)26-24-28(19(17)13-8-10-14(25)11-9-13)22(30)20(33-24)18-15-6-4-5-7-16(15)27-21(18)29/h4-11,19H,3H2,1-2H3,(H,27,29)/b20-18+/t19-/m1/s1. The van der Waals surface area contributed by atoms with Gasteiger partial charge in [-0.15, -0.1) is 0 Å². The van der Waals surface area contributed by atoms with Crippen molar-refractivity contribution in [3.63, 3.8) is 0 Å². The molecule has 0 bridgehead atoms. The lowest BCUT2D eigenvalue weighted by molar-refractivity contribution is -0.139. The number of anilines is 1. The van der Waals surface area contributed by atoms with Crippen LogP contribution in [0, 0.1) is 0 Å². The van der Waals surface area contributed by atoms with E-state index in [9.17, 15) is 14.4 Å². The molecule has 2 aliphatic heterocycles. The number of halogens is 1. The Morgan fingerprint density at radius 2 is 1.91 bits per heavy atom. The molecule has 9 heteroatoms. The van der Waals surface area contributed by atoms with Crippen molar-refractivity contribution in [2.24, 2.45) is 4.99 Å². The molecule has 2 aliphatic rings. The summed E-state index contributed by atoms with van der Waals surface area (Å²) < 4.78 is 7.02. The number of nitrogens with zero attached hydrogens (tertiary/aromatic N) is 2. The fourth-order valence-electron chi connectivity index (χ4n) is 4.15. The number of thiazole rings is 1. The number of rotatable bonds is 3. The van der Waals surface area contributed by atoms with Gasteiger partial charge in [0.15, 0.2) is 4.80 Å². The second kappa shape index (κ2) is 8.13. The number of hydrogen-bond acceptors (Lipinski definition) is 6. The average Bonchev–Trinajstić information content (AvgIpc) is 3.28. The molecular formula is C24H18ClN3O4S. The molecule has 1 aromatic heterocycles. The number of esters is 1. The van der Waals surface area contributed by atoms with Crippen LogP contribution in [0.4, 0.5) is 5.69 Å². The number of carbonyl (C=O) groups is 2. The van der Waals surface area contributed by atoms with Crippen LogP contribution in [0.15, 0.2) is 69.6 Å². The van der Waals surface area contributed by atoms with Crippen molar-refractivity contribution >= 4 is 46.1 Å². The van der Waals surface area contributed by atoms with E-state index in [0.717, 1.165) is 11.3 Å². The number of para-hydroxylation sites is 1. The van der Waals surface area contributed by atoms with Gasteiger partial charge in [0.2, 0.25) is 0 Å². The maximum absolute atomic E-state index is 13.8. The number of hydrogen-bond donors (Lipinski definition) is 1. The van der Waals surface area contributed by atoms with E-state index in [1.54, 1.807) is 50.2 Å². The van der Waals surface area contributed by atoms with Crippen molar-refractivity contribution < 1.29 is 14.3 Å². The van der Waals surface area contributed by atoms with Crippen LogP contribution in [0.3, 0.4) is 0 Å². The molecule has 0 aliphatic carbocycles. The van der Waals surface area contributed by atoms with Gasteiger partial charge in [0.25, 0.3) is 11.5 Å². The first-order chi connectivity index (χ1) is 15.9. The predicted octanol–water partition coefficient (Wildman–Crippen LogP) is 2.77. The molecule has 2 aromatic carbocycles. The molecule has 7 nitrogen and oxygen atoms in total. The third kappa shape index (κ3) is 3.42. The molecule has 3 heterocycles. The maximum Gasteiger partial charge on any atom is 0.338 e. The first kappa shape index (κ1) is 21.4. The van der Waals surface area contributed by atoms with Gasteiger partial charge in [-0.1, -0.05) is 53.3 Å². The monoisotopic (exact) mass is 479 g/mol. The summed E-state index contributed by atoms with van der Waals surface area (Å²) in [5.74, 6) is -0.883. The number of aromatic nitrogens is 1. The SMILES string of the molecule is CCOC(=O)C1=C(C)N=c2s/c(=C3/C(=O)Nc4ccccc43)c(=O)n2[C@@H]1c1ccc(Cl)cc1. The first-order valence-corrected chi connectivity index (χ1v) is 11.5. The van der Waals surface area contributed by atoms with Crippen LogP contribution in [0.25, 0.3) is 5.57 Å². The zero-order chi connectivity index (χ0) is 23.3. The van der Waals surface area contributed by atoms with Crippen molar-refractivity contribution in [3.8, 4) is 0 Å². The topological polar surface area (TPSA) is 89.8 Å². The maximum atomic E-state index is 13.8. The molecule has 166 valence electrons. The van der Waals surface area contributed by atoms with Crippen molar-refractivity contribution in [2.75, 3.05) is 11.9 Å². The summed E-state index contributed by atoms with van der Waals surface area (Å²) in [5, 5.41) is 3.34. The van der Waals surface area contributed by atoms with E-state index in [0.29, 0.717) is 37.9 Å². The number of amides is 1. The lowest BCUT2D eigenvalue weighted by atomic mass is 9.96. The lowest BCUT2D eigenvalue weighted by Crippen LogP contribution is -2.40. The first-order valence-electron chi connectivity index (χ1n) is 10.3. The zero-order valence-corrected chi connectivity index (χ0v) is 19.3. The molecule has 3 aromatic rings. The Balaban J connectivity index is 1.82. The molecule has 5 rings (SSSR count). The van der Waals surface area contributed by atoms with E-state index in [-0.39, 0.29) is 22.6 Å². The highest BCUT2D eigenvalue weighted by atomic mass is 35.5. The Morgan fingerprint density at radius 3 is 2.64 bits per heavy atom. The van der Waals surface area contributed by atoms with Crippen molar-refractivity contribution in [2.45, 2.75) is 19.9 Å². The summed E-state index contributed by atoms with van der Waals surface area (Å²) in [5.41, 5.74) is 2.66. The van der Waals surface area contributed by atoms with Crippen LogP contribution < -0.4 is 20.2 Å². The highest BCUT2D eigenvalue weighted by Gasteiger charge is 2.35. The summed E-state index contributed by atoms with van der Waals surface area (Å²) in [6.45, 7) is 3.62. The molecule has 0 radical (unpaired) electrons. The molecule has 1 N–H and O–H groups in total. The largest absolute Gasteiger partial charge is 0.463 e. The fraction of sp³-hybridized carbons (Fsp3) is 0.167. The molecule has 0 saturated heterocycles. The van der Waals surface area contributed by atoms with Crippen LogP contribution in [-0.2, 0) is 14.3 Å². The van der Waals surface area contributed by atoms with Gasteiger partial charge in [-0.25, -0.2) is 9.79 Å². The number of nitrogens with one attached hydrogen (secondary N) is 1. The van der Waals surface area contributed by atoms with Gasteiger partial charge in [0, 0.05) is 16.3 Å². The Kier molecular flexibility index (Phi) is 5.26. The van der Waals surface area contributed by atoms with Gasteiger partial charge in [-0.05, 0) is 37.6 Å². The van der Waals surface area contributed by atoms with Crippen molar-refractivity contribution in [1.82, 2.24) is 4.57 Å². The van der Waals surface area contributed by atoms with Crippen LogP contribution in [-0.4, -0.2) is 23.1 Å². The fourth-order valence-corrected chi connectivity index (χ4v) is 5.41. The Labute approximate surface area is 197 Å². The van der Waals surface area contributed by atoms with Gasteiger partial charge in [0.05, 0.1) is 29.5 Å². The van der Waals surface area contributed by atoms with Gasteiger partial charge in [-0.3, -0.25) is 14.2 Å². The lowest BCUT2D eigenvalue weighted by Gasteiger charge is -2.24. The smallest absolute Gasteiger partial charge is 0.338 e. The molecule has 1 amide bonds. The second-order valence-electron chi connectivity index (χ2n) is 7.55. The van der Waals surface area contributed by atoms with Gasteiger partial charge < -0.3 is 10.1 Å². The summed E-state index contributed by atoms with van der Waals surface area (Å²) in [6.07, 6.45) is 0. The molecule has 0 unspecified atom stereocenters. The average molecular weight is 480 g/mol. The number of carbonyl (C=O) groups excluding carboxylic acids is 2. The normalized spacial score (nSPS) is 18.4. The van der Waals surface area contributed by atoms with E-state index in [4.69, 9.17) is 16.3 Å². The second-order valence-corrected chi connectivity index (χ2v) is 8.96. The number of ether oxygens (including phenoxy) is 1. The minimum Gasteiger partial charge on any atom is -0.463 e. The highest BCUT2D eigenvalue weighted by molar-refractivity contribution is 7.07. The number of allylic oxidation sites excluding steroid dienone is 1. The van der Waals surface area contributed by atoms with Crippen LogP contribution >= 0.6 is 22.9 Å². The Hall–Kier alpha value is -3.49. The minimum atomic E-state index is -0.758. The van der Waals surface area contributed by atoms with Crippen LogP contribution in [0.5, 0.6) is 0 Å². The van der Waals surface area contributed by atoms with E-state index < -0.39 is 17.6 Å². The predicted molar refractivity (Wildman–Crippen MR) is 126 cm³/mol. The van der Waals surface area contributed by atoms with Gasteiger partial charge in [-0.2, -0.15) is 0 Å². The minimum absolute atomic E-state index is 0.189. The summed E-state index contributed by atoms with van der Waals surface area (Å²) >= 11 is 7.21. The summed E-state index contributed by atoms with van der Waals surface area (Å²) in [6, 6.07) is 13.4. The number of benzene rings is 2. The molecule has 0 fully saturated rings. The van der Waals surface area contributed by atoms with Gasteiger partial charge in [0.1, 0.15) is 4.53 Å². The summed E-state index contributed by atoms with van der Waals surface area (Å²) in [4.78, 5) is 44.4. The summed E-state index contributed by atoms with van der Waals surface area (Å²) in [7, 11) is 0. The third-order valence-electron chi connectivity index (χ3n) is 5.58. The number of fused-ring (bicyclic) bond motifs is 2. The quantitative estimate of drug-likeness (QED) is 0.585. The van der Waals surface area contributed by atoms with E-state index in [1.165, 1.54) is 4.57 Å². The van der Waals surface area contributed by atoms with Crippen LogP contribution in [0.1, 0.15) is 31.0 Å². The molecule has 33 heavy (non-hydrogen) atoms. The molecule has 0 saturated carbocycles. The molecule has 0 spiro atoms. The van der Waals surface area contributed by atoms with E-state index in [1.807, 2.05) is 12.1 Å². The highest BCUT2D eigenvalue weighted by Crippen LogP contribution is 2.32. The van der Waals surface area contributed by atoms with E-state index in [2.05, 4.69) is 10.3 Å². The Morgan fingerprint density at radius 1 is 1.18 bits per heavy atom. The molecular weight excluding hydrogens is 462 g/mol. The zero-order valence-electron chi connectivity index (χ0n) is 17.7. The van der Waals surface area contributed by atoms with E-state index >= 15 is 0 Å². The van der Waals surface area contributed by atoms with Gasteiger partial charge >= 0.3 is 5.97 Å². The molecule has 1 atom stereocenters.